The molecular weight excluding hydrogens is 694 g/mol. The van der Waals surface area contributed by atoms with Crippen LogP contribution in [-0.4, -0.2) is 22.4 Å². The van der Waals surface area contributed by atoms with Crippen molar-refractivity contribution in [3.63, 3.8) is 0 Å². The summed E-state index contributed by atoms with van der Waals surface area (Å²) in [6, 6.07) is 8.93. The second kappa shape index (κ2) is 18.4. The maximum atomic E-state index is 8.60. The molecule has 0 amide bonds. The molecule has 0 atom stereocenters. The van der Waals surface area contributed by atoms with Crippen molar-refractivity contribution in [2.75, 3.05) is 13.1 Å². The number of nitrogens with two attached hydrogens (primary N) is 2. The highest BCUT2D eigenvalue weighted by atomic mass is 35.7. The SMILES string of the molecule is NCCC[n+]1cc2ccc3c[n+](CCCN)cc4ccc(c1)c2c34.[O-][Cl+3]([O-])([O-])O.[O-][Cl+3]([O-])([O-])O.[O-][Cl+3]([O-])([O-])[O-].[O-][Cl+3]([O-])([O-])[O-]. The standard InChI is InChI=1S/C20H24N4.4ClHO4/c21-7-1-9-23-11-15-3-5-17-13-24(10-2-8-22)14-18-6-4-16(12-23)19(15)20(17)18;4*2-1(3,4)5/h3-6,11-14H,1-2,7-10,21-22H2;4*(H,2,3,4,5)/q+2;;;;/p-2. The fourth-order valence-electron chi connectivity index (χ4n) is 3.63. The molecule has 24 heteroatoms. The van der Waals surface area contributed by atoms with Crippen molar-refractivity contribution in [2.45, 2.75) is 25.9 Å². The molecule has 0 saturated carbocycles. The van der Waals surface area contributed by atoms with Crippen molar-refractivity contribution in [1.82, 2.24) is 0 Å². The lowest BCUT2D eigenvalue weighted by molar-refractivity contribution is -2.00. The second-order valence-corrected chi connectivity index (χ2v) is 11.2. The van der Waals surface area contributed by atoms with Crippen molar-refractivity contribution in [3.05, 3.63) is 49.1 Å². The van der Waals surface area contributed by atoms with E-state index in [9.17, 15) is 0 Å². The number of nitrogens with zero attached hydrogens (tertiary/aromatic N) is 2. The Morgan fingerprint density at radius 3 is 0.818 bits per heavy atom. The average molecular weight is 720 g/mol. The fourth-order valence-corrected chi connectivity index (χ4v) is 3.63. The third-order valence-corrected chi connectivity index (χ3v) is 4.75. The van der Waals surface area contributed by atoms with E-state index in [4.69, 9.17) is 86.0 Å². The Hall–Kier alpha value is -1.78. The Kier molecular flexibility index (Phi) is 17.6. The van der Waals surface area contributed by atoms with Gasteiger partial charge in [0, 0.05) is 45.2 Å². The Morgan fingerprint density at radius 1 is 0.477 bits per heavy atom. The van der Waals surface area contributed by atoms with Crippen LogP contribution >= 0.6 is 0 Å². The molecule has 0 radical (unpaired) electrons. The molecule has 6 N–H and O–H groups in total. The van der Waals surface area contributed by atoms with E-state index in [1.165, 1.54) is 32.3 Å². The van der Waals surface area contributed by atoms with Crippen molar-refractivity contribution in [3.8, 4) is 0 Å². The summed E-state index contributed by atoms with van der Waals surface area (Å²) in [4.78, 5) is 0. The normalized spacial score (nSPS) is 12.0. The van der Waals surface area contributed by atoms with Crippen LogP contribution in [-0.2, 0) is 13.1 Å². The molecule has 0 saturated heterocycles. The van der Waals surface area contributed by atoms with Gasteiger partial charge in [-0.2, -0.15) is 28.0 Å². The highest BCUT2D eigenvalue weighted by molar-refractivity contribution is 6.21. The first-order chi connectivity index (χ1) is 19.8. The van der Waals surface area contributed by atoms with Gasteiger partial charge in [-0.1, -0.05) is 0 Å². The van der Waals surface area contributed by atoms with Gasteiger partial charge < -0.3 is 11.5 Å². The Morgan fingerprint density at radius 2 is 0.659 bits per heavy atom. The van der Waals surface area contributed by atoms with Crippen LogP contribution in [0.3, 0.4) is 0 Å². The summed E-state index contributed by atoms with van der Waals surface area (Å²) >= 11 is 0. The predicted octanol–water partition coefficient (Wildman–Crippen LogP) is -15.9. The largest absolute Gasteiger partial charge is 0.330 e. The molecule has 250 valence electrons. The lowest BCUT2D eigenvalue weighted by Gasteiger charge is -2.17. The molecule has 0 aliphatic heterocycles. The molecule has 4 aromatic rings. The maximum absolute atomic E-state index is 8.60. The minimum Gasteiger partial charge on any atom is -0.330 e. The summed E-state index contributed by atoms with van der Waals surface area (Å²) in [5.41, 5.74) is 11.3. The summed E-state index contributed by atoms with van der Waals surface area (Å²) in [5, 5.41) is 7.90. The topological polar surface area (TPSA) is 423 Å². The van der Waals surface area contributed by atoms with Crippen LogP contribution in [0.25, 0.3) is 32.3 Å². The average Bonchev–Trinajstić information content (AvgIpc) is 2.80. The van der Waals surface area contributed by atoms with Crippen LogP contribution in [0.2, 0.25) is 0 Å². The molecule has 0 spiro atoms. The van der Waals surface area contributed by atoms with E-state index < -0.39 is 41.0 Å². The number of halogens is 4. The molecule has 0 bridgehead atoms. The van der Waals surface area contributed by atoms with Crippen LogP contribution in [0.1, 0.15) is 12.8 Å². The molecule has 0 aliphatic carbocycles. The molecule has 2 aromatic carbocycles. The van der Waals surface area contributed by atoms with E-state index >= 15 is 0 Å². The van der Waals surface area contributed by atoms with Gasteiger partial charge in [0.1, 0.15) is 13.1 Å². The zero-order valence-electron chi connectivity index (χ0n) is 22.0. The van der Waals surface area contributed by atoms with Crippen LogP contribution in [0, 0.1) is 41.0 Å². The number of hydrogen-bond donors (Lipinski definition) is 4. The molecular formula is C20H26Cl4N4O16. The highest BCUT2D eigenvalue weighted by Gasteiger charge is 2.16. The van der Waals surface area contributed by atoms with Crippen molar-refractivity contribution in [1.29, 1.82) is 0 Å². The number of aryl methyl sites for hydroxylation is 2. The van der Waals surface area contributed by atoms with Gasteiger partial charge in [-0.05, 0) is 37.4 Å². The summed E-state index contributed by atoms with van der Waals surface area (Å²) in [5.74, 6) is 0. The third-order valence-electron chi connectivity index (χ3n) is 4.75. The summed E-state index contributed by atoms with van der Waals surface area (Å²) in [6.45, 7) is 3.37. The first-order valence-corrected chi connectivity index (χ1v) is 16.2. The zero-order chi connectivity index (χ0) is 34.5. The van der Waals surface area contributed by atoms with Crippen LogP contribution < -0.4 is 85.8 Å². The molecule has 0 unspecified atom stereocenters. The number of aromatic nitrogens is 2. The second-order valence-electron chi connectivity index (χ2n) is 8.06. The maximum Gasteiger partial charge on any atom is 0.176 e. The molecule has 2 heterocycles. The first kappa shape index (κ1) is 42.2. The van der Waals surface area contributed by atoms with Crippen molar-refractivity contribution < 1.29 is 125 Å². The van der Waals surface area contributed by atoms with Gasteiger partial charge >= 0.3 is 0 Å². The number of benzene rings is 2. The Labute approximate surface area is 256 Å². The van der Waals surface area contributed by atoms with E-state index in [0.29, 0.717) is 0 Å². The van der Waals surface area contributed by atoms with Gasteiger partial charge in [-0.25, -0.2) is 46.4 Å². The summed E-state index contributed by atoms with van der Waals surface area (Å²) in [6.07, 6.45) is 11.0. The highest BCUT2D eigenvalue weighted by Crippen LogP contribution is 2.32. The summed E-state index contributed by atoms with van der Waals surface area (Å²) in [7, 11) is -19.3. The van der Waals surface area contributed by atoms with E-state index in [-0.39, 0.29) is 0 Å². The van der Waals surface area contributed by atoms with Crippen LogP contribution in [0.15, 0.2) is 49.1 Å². The lowest BCUT2D eigenvalue weighted by Crippen LogP contribution is -2.68. The number of rotatable bonds is 6. The minimum absolute atomic E-state index is 0.723. The smallest absolute Gasteiger partial charge is 0.176 e. The van der Waals surface area contributed by atoms with Crippen molar-refractivity contribution >= 4 is 32.3 Å². The van der Waals surface area contributed by atoms with Gasteiger partial charge in [-0.3, -0.25) is 0 Å². The van der Waals surface area contributed by atoms with E-state index in [1.54, 1.807) is 0 Å². The van der Waals surface area contributed by atoms with E-state index in [0.717, 1.165) is 39.0 Å². The molecule has 2 aromatic heterocycles. The monoisotopic (exact) mass is 718 g/mol. The van der Waals surface area contributed by atoms with Gasteiger partial charge in [-0.15, -0.1) is 20.5 Å². The van der Waals surface area contributed by atoms with Gasteiger partial charge in [0.25, 0.3) is 0 Å². The molecule has 20 nitrogen and oxygen atoms in total. The van der Waals surface area contributed by atoms with Crippen LogP contribution in [0.4, 0.5) is 0 Å². The Bertz CT molecular complexity index is 1180. The molecule has 4 rings (SSSR count). The molecule has 44 heavy (non-hydrogen) atoms. The predicted molar refractivity (Wildman–Crippen MR) is 102 cm³/mol. The first-order valence-electron chi connectivity index (χ1n) is 11.2. The third kappa shape index (κ3) is 22.7. The lowest BCUT2D eigenvalue weighted by atomic mass is 9.97. The number of pyridine rings is 2. The van der Waals surface area contributed by atoms with Crippen LogP contribution in [0.5, 0.6) is 0 Å². The summed E-state index contributed by atoms with van der Waals surface area (Å²) < 4.78 is 138. The minimum atomic E-state index is -4.94. The van der Waals surface area contributed by atoms with E-state index in [1.807, 2.05) is 0 Å². The number of hydrogen-bond acceptors (Lipinski definition) is 18. The molecule has 0 aliphatic rings. The zero-order valence-corrected chi connectivity index (χ0v) is 25.1. The van der Waals surface area contributed by atoms with Crippen molar-refractivity contribution in [2.24, 2.45) is 11.5 Å². The molecule has 0 fully saturated rings. The van der Waals surface area contributed by atoms with E-state index in [2.05, 4.69) is 58.2 Å². The quantitative estimate of drug-likeness (QED) is 0.106. The Balaban J connectivity index is 0.000000757. The van der Waals surface area contributed by atoms with Gasteiger partial charge in [0.15, 0.2) is 24.8 Å². The fraction of sp³-hybridized carbons (Fsp3) is 0.300. The van der Waals surface area contributed by atoms with Gasteiger partial charge in [0.2, 0.25) is 0 Å². The van der Waals surface area contributed by atoms with Gasteiger partial charge in [0.05, 0.1) is 29.8 Å².